The molecule has 0 spiro atoms. The minimum Gasteiger partial charge on any atom is -0.497 e. The number of carboxylic acid groups (broad SMARTS) is 2. The molecule has 9 nitrogen and oxygen atoms in total. The fourth-order valence-corrected chi connectivity index (χ4v) is 9.54. The fraction of sp³-hybridized carbons (Fsp3) is 0.333. The van der Waals surface area contributed by atoms with Crippen molar-refractivity contribution in [2.24, 2.45) is 0 Å². The third-order valence-electron chi connectivity index (χ3n) is 8.66. The number of aliphatic carboxylic acids is 2. The Morgan fingerprint density at radius 3 is 1.27 bits per heavy atom. The molecule has 0 saturated heterocycles. The summed E-state index contributed by atoms with van der Waals surface area (Å²) in [6.45, 7) is 0. The van der Waals surface area contributed by atoms with Crippen LogP contribution in [0.3, 0.4) is 0 Å². The molecule has 298 valence electrons. The summed E-state index contributed by atoms with van der Waals surface area (Å²) in [5.41, 5.74) is 2.07. The lowest BCUT2D eigenvalue weighted by Crippen LogP contribution is -2.30. The molecular formula is C39H41Cl5O9S2. The Balaban J connectivity index is 0.000000296. The molecule has 0 radical (unpaired) electrons. The standard InChI is InChI=1S/C20H22Cl2O5S.C19H19Cl3O4S/c1-27-15-8-10-16(11-9-15)28(25,26)19(20(23)24)6-4-2-3-5-14-7-12-17(21)18(22)13-14;20-14-7-9-15(10-8-14)27(25,26)18(19(23)24)5-3-1-2-4-13-6-11-16(21)17(22)12-13/h7-13,19H,2-6H2,1H3,(H,23,24);6-12,18H,1-5H2,(H,23,24). The van der Waals surface area contributed by atoms with E-state index in [0.717, 1.165) is 36.8 Å². The van der Waals surface area contributed by atoms with E-state index in [1.807, 2.05) is 12.1 Å². The average molecular weight is 895 g/mol. The Hall–Kier alpha value is -3.03. The average Bonchev–Trinajstić information content (AvgIpc) is 3.14. The van der Waals surface area contributed by atoms with E-state index in [1.54, 1.807) is 24.3 Å². The van der Waals surface area contributed by atoms with E-state index in [0.29, 0.717) is 56.5 Å². The van der Waals surface area contributed by atoms with Crippen molar-refractivity contribution in [2.45, 2.75) is 84.5 Å². The van der Waals surface area contributed by atoms with Crippen molar-refractivity contribution < 1.29 is 41.4 Å². The molecule has 0 aromatic heterocycles. The van der Waals surface area contributed by atoms with Gasteiger partial charge >= 0.3 is 11.9 Å². The van der Waals surface area contributed by atoms with E-state index in [9.17, 15) is 36.6 Å². The molecule has 0 aliphatic rings. The smallest absolute Gasteiger partial charge is 0.322 e. The summed E-state index contributed by atoms with van der Waals surface area (Å²) in [6, 6.07) is 22.1. The van der Waals surface area contributed by atoms with Crippen LogP contribution in [0.15, 0.2) is 94.7 Å². The minimum absolute atomic E-state index is 0.0171. The maximum absolute atomic E-state index is 12.7. The van der Waals surface area contributed by atoms with E-state index in [1.165, 1.54) is 55.6 Å². The van der Waals surface area contributed by atoms with Crippen molar-refractivity contribution in [2.75, 3.05) is 7.11 Å². The van der Waals surface area contributed by atoms with Gasteiger partial charge in [0.25, 0.3) is 0 Å². The van der Waals surface area contributed by atoms with Gasteiger partial charge in [-0.1, -0.05) is 95.8 Å². The summed E-state index contributed by atoms with van der Waals surface area (Å²) in [5, 5.41) is 18.3. The predicted octanol–water partition coefficient (Wildman–Crippen LogP) is 10.7. The molecule has 0 aliphatic heterocycles. The number of ether oxygens (including phenoxy) is 1. The molecule has 0 aliphatic carbocycles. The van der Waals surface area contributed by atoms with E-state index >= 15 is 0 Å². The monoisotopic (exact) mass is 892 g/mol. The lowest BCUT2D eigenvalue weighted by molar-refractivity contribution is -0.137. The second kappa shape index (κ2) is 22.1. The molecule has 0 amide bonds. The SMILES string of the molecule is COc1ccc(S(=O)(=O)C(CCCCCc2ccc(Cl)c(Cl)c2)C(=O)O)cc1.O=C(O)C(CCCCCc1ccc(Cl)c(Cl)c1)S(=O)(=O)c1ccc(Cl)cc1. The maximum atomic E-state index is 12.7. The number of unbranched alkanes of at least 4 members (excludes halogenated alkanes) is 4. The summed E-state index contributed by atoms with van der Waals surface area (Å²) in [6.07, 6.45) is 5.64. The highest BCUT2D eigenvalue weighted by Gasteiger charge is 2.34. The van der Waals surface area contributed by atoms with Crippen LogP contribution in [0.2, 0.25) is 25.1 Å². The Morgan fingerprint density at radius 1 is 0.545 bits per heavy atom. The quantitative estimate of drug-likeness (QED) is 0.0876. The van der Waals surface area contributed by atoms with Crippen LogP contribution in [0.4, 0.5) is 0 Å². The van der Waals surface area contributed by atoms with Gasteiger partial charge in [-0.3, -0.25) is 9.59 Å². The minimum atomic E-state index is -3.96. The predicted molar refractivity (Wildman–Crippen MR) is 219 cm³/mol. The first-order valence-electron chi connectivity index (χ1n) is 17.2. The zero-order chi connectivity index (χ0) is 40.8. The molecule has 2 atom stereocenters. The van der Waals surface area contributed by atoms with E-state index in [4.69, 9.17) is 62.7 Å². The summed E-state index contributed by atoms with van der Waals surface area (Å²) in [4.78, 5) is 23.0. The van der Waals surface area contributed by atoms with Crippen molar-refractivity contribution in [1.29, 1.82) is 0 Å². The Labute approximate surface area is 347 Å². The summed E-state index contributed by atoms with van der Waals surface area (Å²) >= 11 is 29.5. The molecule has 16 heteroatoms. The highest BCUT2D eigenvalue weighted by atomic mass is 35.5. The molecule has 0 bridgehead atoms. The van der Waals surface area contributed by atoms with Crippen molar-refractivity contribution >= 4 is 89.6 Å². The van der Waals surface area contributed by atoms with E-state index in [-0.39, 0.29) is 22.6 Å². The van der Waals surface area contributed by atoms with Gasteiger partial charge in [0.2, 0.25) is 0 Å². The number of halogens is 5. The van der Waals surface area contributed by atoms with Crippen LogP contribution in [0.5, 0.6) is 5.75 Å². The van der Waals surface area contributed by atoms with Gasteiger partial charge in [0, 0.05) is 5.02 Å². The summed E-state index contributed by atoms with van der Waals surface area (Å²) in [5.74, 6) is -2.16. The van der Waals surface area contributed by atoms with Crippen LogP contribution in [0, 0.1) is 0 Å². The number of methoxy groups -OCH3 is 1. The number of sulfone groups is 2. The maximum Gasteiger partial charge on any atom is 0.322 e. The second-order valence-electron chi connectivity index (χ2n) is 12.6. The lowest BCUT2D eigenvalue weighted by Gasteiger charge is -2.14. The van der Waals surface area contributed by atoms with Gasteiger partial charge in [-0.25, -0.2) is 16.8 Å². The van der Waals surface area contributed by atoms with Crippen molar-refractivity contribution in [3.8, 4) is 5.75 Å². The molecule has 55 heavy (non-hydrogen) atoms. The lowest BCUT2D eigenvalue weighted by atomic mass is 10.1. The zero-order valence-electron chi connectivity index (χ0n) is 29.8. The molecule has 2 N–H and O–H groups in total. The van der Waals surface area contributed by atoms with Crippen LogP contribution < -0.4 is 4.74 Å². The number of hydrogen-bond acceptors (Lipinski definition) is 7. The molecule has 0 fully saturated rings. The van der Waals surface area contributed by atoms with Gasteiger partial charge in [-0.05, 0) is 122 Å². The summed E-state index contributed by atoms with van der Waals surface area (Å²) in [7, 11) is -6.45. The van der Waals surface area contributed by atoms with Crippen molar-refractivity contribution in [3.63, 3.8) is 0 Å². The number of carbonyl (C=O) groups is 2. The molecule has 0 saturated carbocycles. The largest absolute Gasteiger partial charge is 0.497 e. The normalized spacial score (nSPS) is 12.6. The number of hydrogen-bond donors (Lipinski definition) is 2. The first-order chi connectivity index (χ1) is 26.0. The number of benzene rings is 4. The Bertz CT molecular complexity index is 2110. The van der Waals surface area contributed by atoms with Gasteiger partial charge in [0.15, 0.2) is 30.2 Å². The van der Waals surface area contributed by atoms with Crippen molar-refractivity contribution in [3.05, 3.63) is 121 Å². The number of aryl methyl sites for hydroxylation is 2. The fourth-order valence-electron chi connectivity index (χ4n) is 5.60. The van der Waals surface area contributed by atoms with Gasteiger partial charge in [0.1, 0.15) is 5.75 Å². The van der Waals surface area contributed by atoms with E-state index < -0.39 is 42.1 Å². The van der Waals surface area contributed by atoms with E-state index in [2.05, 4.69) is 0 Å². The highest BCUT2D eigenvalue weighted by Crippen LogP contribution is 2.27. The number of rotatable bonds is 19. The third-order valence-corrected chi connectivity index (χ3v) is 14.6. The number of carboxylic acids is 2. The van der Waals surface area contributed by atoms with Crippen LogP contribution in [-0.2, 0) is 42.1 Å². The third kappa shape index (κ3) is 14.1. The van der Waals surface area contributed by atoms with Crippen LogP contribution >= 0.6 is 58.0 Å². The topological polar surface area (TPSA) is 152 Å². The molecular weight excluding hydrogens is 854 g/mol. The Morgan fingerprint density at radius 2 is 0.927 bits per heavy atom. The summed E-state index contributed by atoms with van der Waals surface area (Å²) < 4.78 is 55.5. The zero-order valence-corrected chi connectivity index (χ0v) is 35.2. The molecule has 4 aromatic rings. The van der Waals surface area contributed by atoms with Gasteiger partial charge in [0.05, 0.1) is 37.0 Å². The molecule has 4 aromatic carbocycles. The highest BCUT2D eigenvalue weighted by molar-refractivity contribution is 7.93. The van der Waals surface area contributed by atoms with Gasteiger partial charge in [-0.15, -0.1) is 0 Å². The van der Waals surface area contributed by atoms with Gasteiger partial charge in [-0.2, -0.15) is 0 Å². The second-order valence-corrected chi connectivity index (χ2v) is 18.9. The first kappa shape index (κ1) is 46.4. The molecule has 0 heterocycles. The van der Waals surface area contributed by atoms with Gasteiger partial charge < -0.3 is 14.9 Å². The van der Waals surface area contributed by atoms with Crippen molar-refractivity contribution in [1.82, 2.24) is 0 Å². The molecule has 4 rings (SSSR count). The van der Waals surface area contributed by atoms with Crippen LogP contribution in [0.1, 0.15) is 62.5 Å². The molecule has 2 unspecified atom stereocenters. The van der Waals surface area contributed by atoms with Crippen LogP contribution in [0.25, 0.3) is 0 Å². The Kier molecular flexibility index (Phi) is 18.6. The first-order valence-corrected chi connectivity index (χ1v) is 22.2. The van der Waals surface area contributed by atoms with Crippen LogP contribution in [-0.4, -0.2) is 56.6 Å².